The average molecular weight is 378 g/mol. The van der Waals surface area contributed by atoms with Gasteiger partial charge in [-0.1, -0.05) is 42.5 Å². The third kappa shape index (κ3) is 3.27. The first-order chi connectivity index (χ1) is 13.5. The van der Waals surface area contributed by atoms with E-state index >= 15 is 0 Å². The van der Waals surface area contributed by atoms with Crippen LogP contribution in [0.5, 0.6) is 5.75 Å². The number of anilines is 1. The lowest BCUT2D eigenvalue weighted by molar-refractivity contribution is 0.248. The third-order valence-electron chi connectivity index (χ3n) is 4.62. The molecule has 8 nitrogen and oxygen atoms in total. The zero-order chi connectivity index (χ0) is 19.7. The van der Waals surface area contributed by atoms with E-state index in [0.29, 0.717) is 17.9 Å². The summed E-state index contributed by atoms with van der Waals surface area (Å²) >= 11 is 0. The highest BCUT2D eigenvalue weighted by atomic mass is 16.5. The van der Waals surface area contributed by atoms with Crippen molar-refractivity contribution in [3.63, 3.8) is 0 Å². The van der Waals surface area contributed by atoms with Crippen molar-refractivity contribution < 1.29 is 9.53 Å². The number of fused-ring (bicyclic) bond motifs is 1. The number of nitrogens with one attached hydrogen (secondary N) is 3. The molecule has 0 saturated heterocycles. The van der Waals surface area contributed by atoms with Gasteiger partial charge in [-0.2, -0.15) is 0 Å². The van der Waals surface area contributed by atoms with Crippen LogP contribution in [0.1, 0.15) is 22.7 Å². The Labute approximate surface area is 159 Å². The molecule has 4 rings (SSSR count). The number of carbonyl (C=O) groups excluding carboxylic acids is 1. The van der Waals surface area contributed by atoms with Gasteiger partial charge < -0.3 is 10.1 Å². The fourth-order valence-electron chi connectivity index (χ4n) is 3.15. The summed E-state index contributed by atoms with van der Waals surface area (Å²) in [5.41, 5.74) is 0.903. The molecule has 0 bridgehead atoms. The molecule has 0 radical (unpaired) electrons. The second kappa shape index (κ2) is 7.07. The predicted octanol–water partition coefficient (Wildman–Crippen LogP) is 1.88. The van der Waals surface area contributed by atoms with E-state index in [9.17, 15) is 14.4 Å². The second-order valence-electron chi connectivity index (χ2n) is 6.46. The number of hydrogen-bond acceptors (Lipinski definition) is 4. The predicted molar refractivity (Wildman–Crippen MR) is 104 cm³/mol. The van der Waals surface area contributed by atoms with Crippen LogP contribution in [0.25, 0.3) is 0 Å². The maximum atomic E-state index is 12.4. The maximum Gasteiger partial charge on any atom is 0.329 e. The van der Waals surface area contributed by atoms with Crippen LogP contribution in [0.3, 0.4) is 0 Å². The average Bonchev–Trinajstić information content (AvgIpc) is 2.71. The van der Waals surface area contributed by atoms with Crippen molar-refractivity contribution in [3.05, 3.63) is 92.1 Å². The molecule has 3 N–H and O–H groups in total. The lowest BCUT2D eigenvalue weighted by Gasteiger charge is -2.27. The molecular weight excluding hydrogens is 360 g/mol. The highest BCUT2D eigenvalue weighted by Gasteiger charge is 2.30. The standard InChI is InChI=1S/C20H18N4O4/c1-24-17-15(18(25)23-20(24)27)16(21-19(26)22-17)13-7-9-14(10-8-13)28-11-12-5-3-2-4-6-12/h2-10,16H,11H2,1H3,(H2,21,22,26)(H,23,25,27). The number of carbonyl (C=O) groups is 1. The Morgan fingerprint density at radius 3 is 2.43 bits per heavy atom. The van der Waals surface area contributed by atoms with Crippen LogP contribution < -0.4 is 26.6 Å². The Balaban J connectivity index is 1.62. The van der Waals surface area contributed by atoms with Crippen molar-refractivity contribution in [2.45, 2.75) is 12.6 Å². The number of H-pyrrole nitrogens is 1. The van der Waals surface area contributed by atoms with Crippen molar-refractivity contribution in [1.29, 1.82) is 0 Å². The fourth-order valence-corrected chi connectivity index (χ4v) is 3.15. The summed E-state index contributed by atoms with van der Waals surface area (Å²) in [6.45, 7) is 0.439. The molecule has 0 saturated carbocycles. The van der Waals surface area contributed by atoms with Crippen molar-refractivity contribution in [1.82, 2.24) is 14.9 Å². The highest BCUT2D eigenvalue weighted by molar-refractivity contribution is 5.92. The number of benzene rings is 2. The summed E-state index contributed by atoms with van der Waals surface area (Å²) in [4.78, 5) is 38.5. The Bertz CT molecular complexity index is 1130. The Morgan fingerprint density at radius 2 is 1.71 bits per heavy atom. The molecule has 0 aliphatic carbocycles. The van der Waals surface area contributed by atoms with Crippen LogP contribution in [-0.2, 0) is 13.7 Å². The van der Waals surface area contributed by atoms with E-state index in [1.165, 1.54) is 11.6 Å². The van der Waals surface area contributed by atoms with Gasteiger partial charge in [0.25, 0.3) is 5.56 Å². The van der Waals surface area contributed by atoms with Gasteiger partial charge in [-0.15, -0.1) is 0 Å². The molecule has 8 heteroatoms. The van der Waals surface area contributed by atoms with Crippen molar-refractivity contribution in [2.24, 2.45) is 7.05 Å². The number of urea groups is 1. The minimum atomic E-state index is -0.678. The number of amides is 2. The van der Waals surface area contributed by atoms with Gasteiger partial charge in [-0.3, -0.25) is 19.7 Å². The summed E-state index contributed by atoms with van der Waals surface area (Å²) in [6.07, 6.45) is 0. The van der Waals surface area contributed by atoms with Crippen LogP contribution >= 0.6 is 0 Å². The van der Waals surface area contributed by atoms with E-state index in [1.54, 1.807) is 24.3 Å². The van der Waals surface area contributed by atoms with Crippen molar-refractivity contribution in [2.75, 3.05) is 5.32 Å². The molecule has 142 valence electrons. The molecule has 28 heavy (non-hydrogen) atoms. The first kappa shape index (κ1) is 17.6. The van der Waals surface area contributed by atoms with E-state index in [1.807, 2.05) is 30.3 Å². The molecule has 2 heterocycles. The molecule has 3 aromatic rings. The molecule has 1 unspecified atom stereocenters. The van der Waals surface area contributed by atoms with Gasteiger partial charge >= 0.3 is 11.7 Å². The van der Waals surface area contributed by atoms with Crippen molar-refractivity contribution >= 4 is 11.8 Å². The minimum Gasteiger partial charge on any atom is -0.489 e. The largest absolute Gasteiger partial charge is 0.489 e. The van der Waals surface area contributed by atoms with E-state index in [0.717, 1.165) is 5.56 Å². The number of aromatic amines is 1. The molecule has 1 aliphatic heterocycles. The molecule has 1 aromatic heterocycles. The number of rotatable bonds is 4. The SMILES string of the molecule is Cn1c2c(c(=O)[nH]c1=O)C(c1ccc(OCc3ccccc3)cc1)NC(=O)N2. The second-order valence-corrected chi connectivity index (χ2v) is 6.46. The van der Waals surface area contributed by atoms with Gasteiger partial charge in [0.1, 0.15) is 18.2 Å². The van der Waals surface area contributed by atoms with Gasteiger partial charge in [0, 0.05) is 7.05 Å². The Hall–Kier alpha value is -3.81. The lowest BCUT2D eigenvalue weighted by atomic mass is 9.98. The number of ether oxygens (including phenoxy) is 1. The zero-order valence-electron chi connectivity index (χ0n) is 15.1. The van der Waals surface area contributed by atoms with Crippen LogP contribution in [0.15, 0.2) is 64.2 Å². The Morgan fingerprint density at radius 1 is 1.00 bits per heavy atom. The summed E-state index contributed by atoms with van der Waals surface area (Å²) in [7, 11) is 1.49. The van der Waals surface area contributed by atoms with Gasteiger partial charge in [0.2, 0.25) is 0 Å². The molecule has 1 atom stereocenters. The molecule has 1 aliphatic rings. The highest BCUT2D eigenvalue weighted by Crippen LogP contribution is 2.29. The van der Waals surface area contributed by atoms with Gasteiger partial charge in [0.05, 0.1) is 11.6 Å². The quantitative estimate of drug-likeness (QED) is 0.645. The minimum absolute atomic E-state index is 0.187. The van der Waals surface area contributed by atoms with E-state index in [2.05, 4.69) is 15.6 Å². The number of nitrogens with zero attached hydrogens (tertiary/aromatic N) is 1. The third-order valence-corrected chi connectivity index (χ3v) is 4.62. The zero-order valence-corrected chi connectivity index (χ0v) is 15.1. The molecule has 2 aromatic carbocycles. The summed E-state index contributed by atoms with van der Waals surface area (Å²) < 4.78 is 6.98. The summed E-state index contributed by atoms with van der Waals surface area (Å²) in [6, 6.07) is 15.8. The van der Waals surface area contributed by atoms with Gasteiger partial charge in [-0.05, 0) is 23.3 Å². The van der Waals surface area contributed by atoms with Crippen LogP contribution in [0, 0.1) is 0 Å². The Kier molecular flexibility index (Phi) is 4.44. The molecule has 2 amide bonds. The van der Waals surface area contributed by atoms with Gasteiger partial charge in [-0.25, -0.2) is 9.59 Å². The first-order valence-corrected chi connectivity index (χ1v) is 8.70. The van der Waals surface area contributed by atoms with E-state index in [4.69, 9.17) is 4.74 Å². The van der Waals surface area contributed by atoms with E-state index in [-0.39, 0.29) is 11.4 Å². The number of hydrogen-bond donors (Lipinski definition) is 3. The van der Waals surface area contributed by atoms with E-state index < -0.39 is 23.3 Å². The van der Waals surface area contributed by atoms with Gasteiger partial charge in [0.15, 0.2) is 0 Å². The molecular formula is C20H18N4O4. The maximum absolute atomic E-state index is 12.4. The lowest BCUT2D eigenvalue weighted by Crippen LogP contribution is -2.46. The first-order valence-electron chi connectivity index (χ1n) is 8.70. The van der Waals surface area contributed by atoms with Crippen LogP contribution in [0.2, 0.25) is 0 Å². The normalized spacial score (nSPS) is 15.3. The van der Waals surface area contributed by atoms with Crippen LogP contribution in [0.4, 0.5) is 10.6 Å². The summed E-state index contributed by atoms with van der Waals surface area (Å²) in [5, 5.41) is 5.26. The monoisotopic (exact) mass is 378 g/mol. The number of aromatic nitrogens is 2. The van der Waals surface area contributed by atoms with Crippen molar-refractivity contribution in [3.8, 4) is 5.75 Å². The molecule has 0 spiro atoms. The van der Waals surface area contributed by atoms with Crippen LogP contribution in [-0.4, -0.2) is 15.6 Å². The fraction of sp³-hybridized carbons (Fsp3) is 0.150. The summed E-state index contributed by atoms with van der Waals surface area (Å²) in [5.74, 6) is 0.856. The smallest absolute Gasteiger partial charge is 0.329 e. The molecule has 0 fully saturated rings. The topological polar surface area (TPSA) is 105 Å².